The molecule has 2 aromatic heterocycles. The van der Waals surface area contributed by atoms with Gasteiger partial charge in [0, 0.05) is 22.3 Å². The Kier molecular flexibility index (Phi) is 5.79. The zero-order chi connectivity index (χ0) is 21.1. The highest BCUT2D eigenvalue weighted by Gasteiger charge is 2.20. The van der Waals surface area contributed by atoms with E-state index in [9.17, 15) is 14.7 Å². The fraction of sp³-hybridized carbons (Fsp3) is 0.211. The molecule has 3 aromatic rings. The number of aromatic nitrogens is 4. The lowest BCUT2D eigenvalue weighted by molar-refractivity contribution is -0.135. The van der Waals surface area contributed by atoms with Crippen molar-refractivity contribution in [1.82, 2.24) is 25.3 Å². The van der Waals surface area contributed by atoms with Gasteiger partial charge < -0.3 is 15.5 Å². The summed E-state index contributed by atoms with van der Waals surface area (Å²) in [5.74, 6) is -2.32. The molecule has 0 saturated carbocycles. The van der Waals surface area contributed by atoms with Gasteiger partial charge in [0.2, 0.25) is 0 Å². The monoisotopic (exact) mass is 415 g/mol. The van der Waals surface area contributed by atoms with Crippen LogP contribution in [0.1, 0.15) is 34.6 Å². The molecule has 0 aliphatic heterocycles. The summed E-state index contributed by atoms with van der Waals surface area (Å²) in [6.07, 6.45) is 3.11. The lowest BCUT2D eigenvalue weighted by atomic mass is 10.1. The number of aliphatic carboxylic acids is 1. The van der Waals surface area contributed by atoms with Crippen LogP contribution in [0, 0.1) is 6.92 Å². The molecule has 0 fully saturated rings. The smallest absolute Gasteiger partial charge is 0.322 e. The SMILES string of the molecule is Cc1c(-c2cn(C(C)c3ccc(Cl)cc3)nn2)cnc(C(=O)NCC(=O)O)c1O. The third-order valence-electron chi connectivity index (χ3n) is 4.46. The Labute approximate surface area is 171 Å². The fourth-order valence-corrected chi connectivity index (χ4v) is 2.87. The Morgan fingerprint density at radius 1 is 1.28 bits per heavy atom. The molecule has 0 aliphatic carbocycles. The summed E-state index contributed by atoms with van der Waals surface area (Å²) in [5, 5.41) is 30.1. The summed E-state index contributed by atoms with van der Waals surface area (Å²) in [6.45, 7) is 3.00. The van der Waals surface area contributed by atoms with Crippen LogP contribution >= 0.6 is 11.6 Å². The standard InChI is InChI=1S/C19H18ClN5O4/c1-10-14(7-21-17(18(10)28)19(29)22-8-16(26)27)15-9-25(24-23-15)11(2)12-3-5-13(20)6-4-12/h3-7,9,11,28H,8H2,1-2H3,(H,22,29)(H,26,27). The second kappa shape index (κ2) is 8.27. The Morgan fingerprint density at radius 2 is 1.97 bits per heavy atom. The number of hydrogen-bond acceptors (Lipinski definition) is 6. The van der Waals surface area contributed by atoms with Gasteiger partial charge in [0.1, 0.15) is 12.2 Å². The van der Waals surface area contributed by atoms with E-state index in [4.69, 9.17) is 16.7 Å². The number of carboxylic acid groups (broad SMARTS) is 1. The normalized spacial score (nSPS) is 11.8. The predicted octanol–water partition coefficient (Wildman–Crippen LogP) is 2.43. The molecule has 1 atom stereocenters. The van der Waals surface area contributed by atoms with Gasteiger partial charge in [0.05, 0.1) is 12.2 Å². The molecule has 0 aliphatic rings. The van der Waals surface area contributed by atoms with Crippen LogP contribution < -0.4 is 5.32 Å². The van der Waals surface area contributed by atoms with E-state index in [-0.39, 0.29) is 17.5 Å². The van der Waals surface area contributed by atoms with Crippen LogP contribution in [0.25, 0.3) is 11.3 Å². The molecule has 0 saturated heterocycles. The first kappa shape index (κ1) is 20.3. The van der Waals surface area contributed by atoms with Crippen molar-refractivity contribution in [2.24, 2.45) is 0 Å². The first-order valence-electron chi connectivity index (χ1n) is 8.64. The Hall–Kier alpha value is -3.46. The maximum atomic E-state index is 12.0. The fourth-order valence-electron chi connectivity index (χ4n) is 2.74. The molecule has 3 rings (SSSR count). The van der Waals surface area contributed by atoms with E-state index >= 15 is 0 Å². The van der Waals surface area contributed by atoms with E-state index in [1.54, 1.807) is 29.9 Å². The topological polar surface area (TPSA) is 130 Å². The molecule has 150 valence electrons. The van der Waals surface area contributed by atoms with E-state index < -0.39 is 18.4 Å². The van der Waals surface area contributed by atoms with Gasteiger partial charge in [-0.2, -0.15) is 0 Å². The largest absolute Gasteiger partial charge is 0.505 e. The summed E-state index contributed by atoms with van der Waals surface area (Å²) >= 11 is 5.93. The summed E-state index contributed by atoms with van der Waals surface area (Å²) in [6, 6.07) is 7.29. The van der Waals surface area contributed by atoms with Crippen molar-refractivity contribution in [3.63, 3.8) is 0 Å². The number of carbonyl (C=O) groups excluding carboxylic acids is 1. The molecular weight excluding hydrogens is 398 g/mol. The maximum absolute atomic E-state index is 12.0. The maximum Gasteiger partial charge on any atom is 0.322 e. The summed E-state index contributed by atoms with van der Waals surface area (Å²) in [4.78, 5) is 26.6. The number of halogens is 1. The third-order valence-corrected chi connectivity index (χ3v) is 4.71. The van der Waals surface area contributed by atoms with Crippen LogP contribution in [0.5, 0.6) is 5.75 Å². The van der Waals surface area contributed by atoms with Crippen molar-refractivity contribution in [2.75, 3.05) is 6.54 Å². The molecule has 1 unspecified atom stereocenters. The Bertz CT molecular complexity index is 1060. The summed E-state index contributed by atoms with van der Waals surface area (Å²) < 4.78 is 1.67. The Morgan fingerprint density at radius 3 is 2.62 bits per heavy atom. The molecule has 29 heavy (non-hydrogen) atoms. The number of hydrogen-bond donors (Lipinski definition) is 3. The van der Waals surface area contributed by atoms with Crippen LogP contribution in [0.4, 0.5) is 0 Å². The van der Waals surface area contributed by atoms with Crippen molar-refractivity contribution in [3.8, 4) is 17.0 Å². The zero-order valence-electron chi connectivity index (χ0n) is 15.6. The molecule has 2 heterocycles. The second-order valence-corrected chi connectivity index (χ2v) is 6.82. The molecule has 0 bridgehead atoms. The number of nitrogens with zero attached hydrogens (tertiary/aromatic N) is 4. The second-order valence-electron chi connectivity index (χ2n) is 6.38. The zero-order valence-corrected chi connectivity index (χ0v) is 16.4. The molecule has 9 nitrogen and oxygen atoms in total. The molecule has 10 heteroatoms. The number of amides is 1. The number of rotatable bonds is 6. The van der Waals surface area contributed by atoms with Crippen LogP contribution in [-0.4, -0.2) is 48.6 Å². The Balaban J connectivity index is 1.86. The van der Waals surface area contributed by atoms with Crippen molar-refractivity contribution >= 4 is 23.5 Å². The van der Waals surface area contributed by atoms with Crippen LogP contribution in [0.2, 0.25) is 5.02 Å². The van der Waals surface area contributed by atoms with Crippen molar-refractivity contribution < 1.29 is 19.8 Å². The number of nitrogens with one attached hydrogen (secondary N) is 1. The summed E-state index contributed by atoms with van der Waals surface area (Å²) in [7, 11) is 0. The van der Waals surface area contributed by atoms with E-state index in [2.05, 4.69) is 20.6 Å². The predicted molar refractivity (Wildman–Crippen MR) is 105 cm³/mol. The molecule has 3 N–H and O–H groups in total. The van der Waals surface area contributed by atoms with Crippen LogP contribution in [-0.2, 0) is 4.79 Å². The average Bonchev–Trinajstić information content (AvgIpc) is 3.18. The molecule has 1 amide bonds. The van der Waals surface area contributed by atoms with E-state index in [1.165, 1.54) is 6.20 Å². The van der Waals surface area contributed by atoms with Crippen LogP contribution in [0.3, 0.4) is 0 Å². The highest BCUT2D eigenvalue weighted by atomic mass is 35.5. The van der Waals surface area contributed by atoms with Gasteiger partial charge >= 0.3 is 5.97 Å². The third kappa shape index (κ3) is 4.35. The lowest BCUT2D eigenvalue weighted by Crippen LogP contribution is -2.30. The number of pyridine rings is 1. The van der Waals surface area contributed by atoms with Gasteiger partial charge in [-0.15, -0.1) is 5.10 Å². The number of carbonyl (C=O) groups is 2. The van der Waals surface area contributed by atoms with Crippen molar-refractivity contribution in [1.29, 1.82) is 0 Å². The lowest BCUT2D eigenvalue weighted by Gasteiger charge is -2.11. The number of carboxylic acids is 1. The van der Waals surface area contributed by atoms with Gasteiger partial charge in [0.25, 0.3) is 5.91 Å². The molecule has 1 aromatic carbocycles. The molecule has 0 radical (unpaired) electrons. The molecular formula is C19H18ClN5O4. The van der Waals surface area contributed by atoms with E-state index in [0.717, 1.165) is 5.56 Å². The minimum atomic E-state index is -1.20. The average molecular weight is 416 g/mol. The minimum absolute atomic E-state index is 0.101. The van der Waals surface area contributed by atoms with Crippen molar-refractivity contribution in [2.45, 2.75) is 19.9 Å². The quantitative estimate of drug-likeness (QED) is 0.563. The number of benzene rings is 1. The van der Waals surface area contributed by atoms with E-state index in [0.29, 0.717) is 21.8 Å². The van der Waals surface area contributed by atoms with Gasteiger partial charge in [-0.25, -0.2) is 9.67 Å². The highest BCUT2D eigenvalue weighted by Crippen LogP contribution is 2.30. The van der Waals surface area contributed by atoms with Crippen LogP contribution in [0.15, 0.2) is 36.7 Å². The van der Waals surface area contributed by atoms with Gasteiger partial charge in [-0.1, -0.05) is 28.9 Å². The van der Waals surface area contributed by atoms with E-state index in [1.807, 2.05) is 19.1 Å². The van der Waals surface area contributed by atoms with Gasteiger partial charge in [-0.05, 0) is 31.5 Å². The minimum Gasteiger partial charge on any atom is -0.505 e. The first-order valence-corrected chi connectivity index (χ1v) is 9.02. The number of aromatic hydroxyl groups is 1. The summed E-state index contributed by atoms with van der Waals surface area (Å²) in [5.41, 5.74) is 2.10. The van der Waals surface area contributed by atoms with Crippen molar-refractivity contribution in [3.05, 3.63) is 58.5 Å². The first-order chi connectivity index (χ1) is 13.8. The van der Waals surface area contributed by atoms with Gasteiger partial charge in [0.15, 0.2) is 11.4 Å². The molecule has 0 spiro atoms. The highest BCUT2D eigenvalue weighted by molar-refractivity contribution is 6.30. The van der Waals surface area contributed by atoms with Gasteiger partial charge in [-0.3, -0.25) is 9.59 Å².